The van der Waals surface area contributed by atoms with E-state index in [4.69, 9.17) is 9.72 Å². The molecule has 3 aromatic carbocycles. The van der Waals surface area contributed by atoms with Gasteiger partial charge in [-0.05, 0) is 68.3 Å². The summed E-state index contributed by atoms with van der Waals surface area (Å²) in [5, 5.41) is 10.9. The number of aliphatic hydroxyl groups is 1. The van der Waals surface area contributed by atoms with Gasteiger partial charge in [0, 0.05) is 24.6 Å². The Hall–Kier alpha value is -3.64. The SMILES string of the molecule is Cc1ccc(N2C[C@@H](c3nc4ccccc4n3C[C@@H](O)COc3ccc(C)c(C)c3)CC2=O)cc1. The zero-order valence-corrected chi connectivity index (χ0v) is 20.4. The van der Waals surface area contributed by atoms with Gasteiger partial charge in [-0.25, -0.2) is 4.98 Å². The number of rotatable bonds is 7. The summed E-state index contributed by atoms with van der Waals surface area (Å²) in [4.78, 5) is 19.7. The van der Waals surface area contributed by atoms with Crippen LogP contribution in [0.1, 0.15) is 34.9 Å². The lowest BCUT2D eigenvalue weighted by atomic mass is 10.1. The van der Waals surface area contributed by atoms with E-state index in [1.165, 1.54) is 5.56 Å². The molecule has 2 atom stereocenters. The summed E-state index contributed by atoms with van der Waals surface area (Å²) in [7, 11) is 0. The van der Waals surface area contributed by atoms with Crippen molar-refractivity contribution in [1.29, 1.82) is 0 Å². The minimum atomic E-state index is -0.724. The molecule has 6 heteroatoms. The molecule has 1 aliphatic rings. The van der Waals surface area contributed by atoms with E-state index in [9.17, 15) is 9.90 Å². The van der Waals surface area contributed by atoms with Crippen LogP contribution in [0, 0.1) is 20.8 Å². The third-order valence-corrected chi connectivity index (χ3v) is 6.83. The first-order valence-electron chi connectivity index (χ1n) is 12.1. The van der Waals surface area contributed by atoms with Gasteiger partial charge in [0.15, 0.2) is 0 Å². The summed E-state index contributed by atoms with van der Waals surface area (Å²) in [6, 6.07) is 21.9. The molecule has 6 nitrogen and oxygen atoms in total. The molecule has 1 fully saturated rings. The van der Waals surface area contributed by atoms with Crippen LogP contribution >= 0.6 is 0 Å². The van der Waals surface area contributed by atoms with Gasteiger partial charge in [0.05, 0.1) is 17.6 Å². The van der Waals surface area contributed by atoms with Crippen LogP contribution in [0.25, 0.3) is 11.0 Å². The van der Waals surface area contributed by atoms with Crippen LogP contribution in [0.2, 0.25) is 0 Å². The smallest absolute Gasteiger partial charge is 0.227 e. The molecule has 2 heterocycles. The summed E-state index contributed by atoms with van der Waals surface area (Å²) in [5.74, 6) is 1.62. The highest BCUT2D eigenvalue weighted by molar-refractivity contribution is 5.96. The molecule has 0 radical (unpaired) electrons. The van der Waals surface area contributed by atoms with E-state index in [2.05, 4.69) is 11.5 Å². The number of carbonyl (C=O) groups excluding carboxylic acids is 1. The number of benzene rings is 3. The maximum absolute atomic E-state index is 12.9. The molecule has 5 rings (SSSR count). The topological polar surface area (TPSA) is 67.6 Å². The monoisotopic (exact) mass is 469 g/mol. The first-order valence-corrected chi connectivity index (χ1v) is 12.1. The Bertz CT molecular complexity index is 1360. The first-order chi connectivity index (χ1) is 16.9. The standard InChI is InChI=1S/C29H31N3O3/c1-19-8-11-23(12-9-19)31-16-22(15-28(31)34)29-30-26-6-4-5-7-27(26)32(29)17-24(33)18-35-25-13-10-20(2)21(3)14-25/h4-14,22,24,33H,15-18H2,1-3H3/t22-,24+/m0/s1. The van der Waals surface area contributed by atoms with Crippen LogP contribution in [0.15, 0.2) is 66.7 Å². The summed E-state index contributed by atoms with van der Waals surface area (Å²) < 4.78 is 7.94. The van der Waals surface area contributed by atoms with Gasteiger partial charge in [-0.3, -0.25) is 4.79 Å². The highest BCUT2D eigenvalue weighted by Crippen LogP contribution is 2.33. The van der Waals surface area contributed by atoms with Crippen LogP contribution < -0.4 is 9.64 Å². The molecule has 0 saturated carbocycles. The number of nitrogens with zero attached hydrogens (tertiary/aromatic N) is 3. The number of amides is 1. The zero-order chi connectivity index (χ0) is 24.5. The summed E-state index contributed by atoms with van der Waals surface area (Å²) in [6.45, 7) is 7.23. The van der Waals surface area contributed by atoms with Crippen molar-refractivity contribution >= 4 is 22.6 Å². The molecule has 0 bridgehead atoms. The van der Waals surface area contributed by atoms with Gasteiger partial charge in [0.25, 0.3) is 0 Å². The number of hydrogen-bond donors (Lipinski definition) is 1. The molecule has 35 heavy (non-hydrogen) atoms. The molecule has 0 spiro atoms. The molecule has 1 amide bonds. The Kier molecular flexibility index (Phi) is 6.31. The molecular weight excluding hydrogens is 438 g/mol. The quantitative estimate of drug-likeness (QED) is 0.417. The summed E-state index contributed by atoms with van der Waals surface area (Å²) in [5.41, 5.74) is 6.26. The predicted octanol–water partition coefficient (Wildman–Crippen LogP) is 4.92. The van der Waals surface area contributed by atoms with E-state index in [0.717, 1.165) is 39.4 Å². The second kappa shape index (κ2) is 9.55. The number of anilines is 1. The fourth-order valence-electron chi connectivity index (χ4n) is 4.71. The molecule has 0 unspecified atom stereocenters. The molecule has 0 aliphatic carbocycles. The van der Waals surface area contributed by atoms with Crippen molar-refractivity contribution in [3.8, 4) is 5.75 Å². The van der Waals surface area contributed by atoms with E-state index >= 15 is 0 Å². The Labute approximate surface area is 205 Å². The minimum absolute atomic E-state index is 0.0518. The van der Waals surface area contributed by atoms with Gasteiger partial charge >= 0.3 is 0 Å². The van der Waals surface area contributed by atoms with Crippen LogP contribution in [-0.4, -0.2) is 39.8 Å². The van der Waals surface area contributed by atoms with Crippen molar-refractivity contribution in [3.63, 3.8) is 0 Å². The van der Waals surface area contributed by atoms with Crippen LogP contribution in [-0.2, 0) is 11.3 Å². The van der Waals surface area contributed by atoms with E-state index in [0.29, 0.717) is 19.5 Å². The maximum atomic E-state index is 12.9. The van der Waals surface area contributed by atoms with E-state index in [1.54, 1.807) is 0 Å². The molecule has 1 aliphatic heterocycles. The van der Waals surface area contributed by atoms with Gasteiger partial charge in [-0.15, -0.1) is 0 Å². The Balaban J connectivity index is 1.37. The van der Waals surface area contributed by atoms with Crippen molar-refractivity contribution in [2.45, 2.75) is 45.8 Å². The number of aromatic nitrogens is 2. The number of hydrogen-bond acceptors (Lipinski definition) is 4. The van der Waals surface area contributed by atoms with Gasteiger partial charge in [-0.1, -0.05) is 35.9 Å². The lowest BCUT2D eigenvalue weighted by Gasteiger charge is -2.19. The Morgan fingerprint density at radius 3 is 2.57 bits per heavy atom. The maximum Gasteiger partial charge on any atom is 0.227 e. The first kappa shape index (κ1) is 23.1. The fraction of sp³-hybridized carbons (Fsp3) is 0.310. The highest BCUT2D eigenvalue weighted by atomic mass is 16.5. The Morgan fingerprint density at radius 2 is 1.80 bits per heavy atom. The van der Waals surface area contributed by atoms with Crippen molar-refractivity contribution in [3.05, 3.63) is 89.2 Å². The molecule has 180 valence electrons. The summed E-state index contributed by atoms with van der Waals surface area (Å²) in [6.07, 6.45) is -0.329. The third-order valence-electron chi connectivity index (χ3n) is 6.83. The van der Waals surface area contributed by atoms with Crippen molar-refractivity contribution in [2.24, 2.45) is 0 Å². The molecule has 1 N–H and O–H groups in total. The number of para-hydroxylation sites is 2. The van der Waals surface area contributed by atoms with Gasteiger partial charge in [0.2, 0.25) is 5.91 Å². The van der Waals surface area contributed by atoms with Gasteiger partial charge < -0.3 is 19.3 Å². The molecule has 1 aromatic heterocycles. The van der Waals surface area contributed by atoms with E-state index < -0.39 is 6.10 Å². The lowest BCUT2D eigenvalue weighted by Crippen LogP contribution is -2.26. The normalized spacial score (nSPS) is 16.7. The Morgan fingerprint density at radius 1 is 1.03 bits per heavy atom. The number of fused-ring (bicyclic) bond motifs is 1. The number of ether oxygens (including phenoxy) is 1. The molecule has 4 aromatic rings. The van der Waals surface area contributed by atoms with Crippen LogP contribution in [0.5, 0.6) is 5.75 Å². The molecule has 1 saturated heterocycles. The average Bonchev–Trinajstić information content (AvgIpc) is 3.41. The van der Waals surface area contributed by atoms with E-state index in [1.807, 2.05) is 85.5 Å². The zero-order valence-electron chi connectivity index (χ0n) is 20.4. The number of carbonyl (C=O) groups is 1. The highest BCUT2D eigenvalue weighted by Gasteiger charge is 2.35. The number of aryl methyl sites for hydroxylation is 3. The van der Waals surface area contributed by atoms with E-state index in [-0.39, 0.29) is 18.4 Å². The van der Waals surface area contributed by atoms with Crippen LogP contribution in [0.3, 0.4) is 0 Å². The largest absolute Gasteiger partial charge is 0.491 e. The lowest BCUT2D eigenvalue weighted by molar-refractivity contribution is -0.117. The van der Waals surface area contributed by atoms with Crippen LogP contribution in [0.4, 0.5) is 5.69 Å². The molecular formula is C29H31N3O3. The minimum Gasteiger partial charge on any atom is -0.491 e. The predicted molar refractivity (Wildman–Crippen MR) is 138 cm³/mol. The second-order valence-electron chi connectivity index (χ2n) is 9.52. The third kappa shape index (κ3) is 4.80. The number of imidazole rings is 1. The number of aliphatic hydroxyl groups excluding tert-OH is 1. The fourth-order valence-corrected chi connectivity index (χ4v) is 4.71. The van der Waals surface area contributed by atoms with Crippen molar-refractivity contribution < 1.29 is 14.6 Å². The summed E-state index contributed by atoms with van der Waals surface area (Å²) >= 11 is 0. The van der Waals surface area contributed by atoms with Crippen molar-refractivity contribution in [2.75, 3.05) is 18.1 Å². The van der Waals surface area contributed by atoms with Gasteiger partial charge in [0.1, 0.15) is 24.3 Å². The second-order valence-corrected chi connectivity index (χ2v) is 9.52. The van der Waals surface area contributed by atoms with Gasteiger partial charge in [-0.2, -0.15) is 0 Å². The average molecular weight is 470 g/mol. The van der Waals surface area contributed by atoms with Crippen molar-refractivity contribution in [1.82, 2.24) is 9.55 Å².